The highest BCUT2D eigenvalue weighted by atomic mass is 32.2. The van der Waals surface area contributed by atoms with Crippen molar-refractivity contribution in [3.63, 3.8) is 0 Å². The Balaban J connectivity index is 2.53. The molecule has 0 aromatic heterocycles. The molecule has 4 atom stereocenters. The van der Waals surface area contributed by atoms with Gasteiger partial charge in [-0.3, -0.25) is 4.18 Å². The largest absolute Gasteiger partial charge is 0.387 e. The Bertz CT molecular complexity index is 358. The highest BCUT2D eigenvalue weighted by Crippen LogP contribution is 2.23. The van der Waals surface area contributed by atoms with E-state index in [9.17, 15) is 18.6 Å². The van der Waals surface area contributed by atoms with Crippen molar-refractivity contribution in [2.75, 3.05) is 13.7 Å². The lowest BCUT2D eigenvalue weighted by Crippen LogP contribution is -2.40. The maximum atomic E-state index is 11.0. The number of aliphatic hydroxyl groups is 2. The standard InChI is InChI=1S/C9H19NO7S/c1-5(2)16-9-8(12)7(11)6(17-9)4-10-18(13,14)15-3/h5-12H,4H2,1-3H3/t6-,7-,8-,9-/m1/s1. The summed E-state index contributed by atoms with van der Waals surface area (Å²) in [5.74, 6) is 0. The smallest absolute Gasteiger partial charge is 0.335 e. The second-order valence-corrected chi connectivity index (χ2v) is 5.71. The van der Waals surface area contributed by atoms with Crippen molar-refractivity contribution in [1.82, 2.24) is 4.72 Å². The second-order valence-electron chi connectivity index (χ2n) is 4.18. The zero-order chi connectivity index (χ0) is 13.9. The van der Waals surface area contributed by atoms with Crippen LogP contribution in [0.1, 0.15) is 13.8 Å². The number of rotatable bonds is 6. The molecular formula is C9H19NO7S. The van der Waals surface area contributed by atoms with Gasteiger partial charge in [0.05, 0.1) is 13.2 Å². The van der Waals surface area contributed by atoms with E-state index in [0.717, 1.165) is 7.11 Å². The van der Waals surface area contributed by atoms with Gasteiger partial charge in [0.2, 0.25) is 0 Å². The molecule has 0 radical (unpaired) electrons. The summed E-state index contributed by atoms with van der Waals surface area (Å²) in [5.41, 5.74) is 0. The number of hydrogen-bond acceptors (Lipinski definition) is 7. The molecule has 9 heteroatoms. The first-order chi connectivity index (χ1) is 8.26. The predicted octanol–water partition coefficient (Wildman–Crippen LogP) is -1.66. The van der Waals surface area contributed by atoms with Gasteiger partial charge in [0.15, 0.2) is 6.29 Å². The zero-order valence-electron chi connectivity index (χ0n) is 10.4. The summed E-state index contributed by atoms with van der Waals surface area (Å²) in [6.45, 7) is 3.29. The van der Waals surface area contributed by atoms with E-state index in [4.69, 9.17) is 9.47 Å². The van der Waals surface area contributed by atoms with Gasteiger partial charge in [-0.15, -0.1) is 0 Å². The molecule has 1 saturated heterocycles. The third-order valence-corrected chi connectivity index (χ3v) is 3.36. The van der Waals surface area contributed by atoms with E-state index in [1.54, 1.807) is 13.8 Å². The highest BCUT2D eigenvalue weighted by Gasteiger charge is 2.43. The van der Waals surface area contributed by atoms with E-state index >= 15 is 0 Å². The number of ether oxygens (including phenoxy) is 2. The molecule has 0 spiro atoms. The summed E-state index contributed by atoms with van der Waals surface area (Å²) in [6.07, 6.45) is -4.50. The van der Waals surface area contributed by atoms with Gasteiger partial charge in [0, 0.05) is 6.54 Å². The minimum atomic E-state index is -3.85. The fourth-order valence-electron chi connectivity index (χ4n) is 1.51. The summed E-state index contributed by atoms with van der Waals surface area (Å²) < 4.78 is 38.8. The van der Waals surface area contributed by atoms with Crippen LogP contribution in [0.5, 0.6) is 0 Å². The molecule has 3 N–H and O–H groups in total. The Morgan fingerprint density at radius 2 is 1.94 bits per heavy atom. The summed E-state index contributed by atoms with van der Waals surface area (Å²) in [5, 5.41) is 19.3. The van der Waals surface area contributed by atoms with E-state index in [1.807, 2.05) is 0 Å². The van der Waals surface area contributed by atoms with Crippen LogP contribution in [-0.4, -0.2) is 63.0 Å². The van der Waals surface area contributed by atoms with Gasteiger partial charge in [-0.2, -0.15) is 13.1 Å². The minimum Gasteiger partial charge on any atom is -0.387 e. The molecule has 1 aliphatic rings. The van der Waals surface area contributed by atoms with Gasteiger partial charge >= 0.3 is 10.3 Å². The molecule has 0 amide bonds. The van der Waals surface area contributed by atoms with Gasteiger partial charge < -0.3 is 19.7 Å². The number of nitrogens with one attached hydrogen (secondary N) is 1. The van der Waals surface area contributed by atoms with Gasteiger partial charge in [-0.25, -0.2) is 0 Å². The summed E-state index contributed by atoms with van der Waals surface area (Å²) in [6, 6.07) is 0. The summed E-state index contributed by atoms with van der Waals surface area (Å²) >= 11 is 0. The van der Waals surface area contributed by atoms with Gasteiger partial charge in [-0.05, 0) is 13.8 Å². The van der Waals surface area contributed by atoms with E-state index in [0.29, 0.717) is 0 Å². The second kappa shape index (κ2) is 6.24. The Morgan fingerprint density at radius 3 is 2.44 bits per heavy atom. The molecule has 0 saturated carbocycles. The van der Waals surface area contributed by atoms with Crippen LogP contribution >= 0.6 is 0 Å². The van der Waals surface area contributed by atoms with E-state index in [2.05, 4.69) is 8.91 Å². The molecule has 0 aromatic rings. The first-order valence-electron chi connectivity index (χ1n) is 5.49. The number of aliphatic hydroxyl groups excluding tert-OH is 2. The molecule has 0 bridgehead atoms. The molecule has 0 unspecified atom stereocenters. The van der Waals surface area contributed by atoms with Crippen LogP contribution in [0.3, 0.4) is 0 Å². The fraction of sp³-hybridized carbons (Fsp3) is 1.00. The minimum absolute atomic E-state index is 0.189. The van der Waals surface area contributed by atoms with Crippen LogP contribution in [-0.2, 0) is 24.0 Å². The molecule has 0 aliphatic carbocycles. The van der Waals surface area contributed by atoms with E-state index in [-0.39, 0.29) is 12.6 Å². The predicted molar refractivity (Wildman–Crippen MR) is 60.8 cm³/mol. The van der Waals surface area contributed by atoms with Crippen LogP contribution in [0, 0.1) is 0 Å². The fourth-order valence-corrected chi connectivity index (χ4v) is 1.99. The Hall–Kier alpha value is -0.290. The van der Waals surface area contributed by atoms with Gasteiger partial charge in [0.1, 0.15) is 18.3 Å². The lowest BCUT2D eigenvalue weighted by Gasteiger charge is -2.17. The third-order valence-electron chi connectivity index (χ3n) is 2.41. The molecule has 1 heterocycles. The monoisotopic (exact) mass is 285 g/mol. The quantitative estimate of drug-likeness (QED) is 0.535. The molecule has 1 aliphatic heterocycles. The van der Waals surface area contributed by atoms with Crippen molar-refractivity contribution in [3.05, 3.63) is 0 Å². The van der Waals surface area contributed by atoms with Gasteiger partial charge in [0.25, 0.3) is 0 Å². The van der Waals surface area contributed by atoms with Crippen LogP contribution in [0.2, 0.25) is 0 Å². The average molecular weight is 285 g/mol. The normalized spacial score (nSPS) is 33.2. The molecule has 1 fully saturated rings. The number of hydrogen-bond donors (Lipinski definition) is 3. The average Bonchev–Trinajstić information content (AvgIpc) is 2.54. The summed E-state index contributed by atoms with van der Waals surface area (Å²) in [4.78, 5) is 0. The first-order valence-corrected chi connectivity index (χ1v) is 6.90. The van der Waals surface area contributed by atoms with Crippen molar-refractivity contribution < 1.29 is 32.3 Å². The highest BCUT2D eigenvalue weighted by molar-refractivity contribution is 7.84. The van der Waals surface area contributed by atoms with E-state index in [1.165, 1.54) is 0 Å². The SMILES string of the molecule is COS(=O)(=O)NC[C@H]1O[C@@H](OC(C)C)[C@H](O)[C@@H]1O. The van der Waals surface area contributed by atoms with Crippen LogP contribution in [0.4, 0.5) is 0 Å². The molecule has 1 rings (SSSR count). The molecular weight excluding hydrogens is 266 g/mol. The lowest BCUT2D eigenvalue weighted by atomic mass is 10.1. The lowest BCUT2D eigenvalue weighted by molar-refractivity contribution is -0.182. The van der Waals surface area contributed by atoms with E-state index < -0.39 is 34.9 Å². The third kappa shape index (κ3) is 4.12. The van der Waals surface area contributed by atoms with Crippen LogP contribution < -0.4 is 4.72 Å². The topological polar surface area (TPSA) is 114 Å². The van der Waals surface area contributed by atoms with Crippen molar-refractivity contribution in [2.45, 2.75) is 44.6 Å². The van der Waals surface area contributed by atoms with Crippen molar-refractivity contribution in [3.8, 4) is 0 Å². The molecule has 18 heavy (non-hydrogen) atoms. The van der Waals surface area contributed by atoms with Gasteiger partial charge in [-0.1, -0.05) is 0 Å². The Kier molecular flexibility index (Phi) is 5.46. The first kappa shape index (κ1) is 15.8. The Labute approximate surface area is 106 Å². The summed E-state index contributed by atoms with van der Waals surface area (Å²) in [7, 11) is -2.84. The maximum Gasteiger partial charge on any atom is 0.335 e. The molecule has 8 nitrogen and oxygen atoms in total. The maximum absolute atomic E-state index is 11.0. The van der Waals surface area contributed by atoms with Crippen LogP contribution in [0.25, 0.3) is 0 Å². The van der Waals surface area contributed by atoms with Crippen molar-refractivity contribution >= 4 is 10.3 Å². The van der Waals surface area contributed by atoms with Crippen LogP contribution in [0.15, 0.2) is 0 Å². The van der Waals surface area contributed by atoms with Crippen molar-refractivity contribution in [1.29, 1.82) is 0 Å². The molecule has 0 aromatic carbocycles. The molecule has 108 valence electrons. The zero-order valence-corrected chi connectivity index (χ0v) is 11.3. The Morgan fingerprint density at radius 1 is 1.33 bits per heavy atom. The van der Waals surface area contributed by atoms with Crippen molar-refractivity contribution in [2.24, 2.45) is 0 Å².